The van der Waals surface area contributed by atoms with Gasteiger partial charge in [0, 0.05) is 34.3 Å². The number of carbonyl (C=O) groups is 2. The Balaban J connectivity index is 1.25. The SMILES string of the molecule is Cc1nn(Cc2ccccc2)c(C)c1CNC(=O)CN1CCC(C(=O)c2ccc(Cl)cc2)CC1. The molecule has 0 radical (unpaired) electrons. The zero-order chi connectivity index (χ0) is 24.1. The summed E-state index contributed by atoms with van der Waals surface area (Å²) in [5.74, 6) is 0.164. The third-order valence-corrected chi connectivity index (χ3v) is 6.88. The molecule has 1 amide bonds. The Hall–Kier alpha value is -2.96. The Morgan fingerprint density at radius 1 is 1.03 bits per heavy atom. The molecule has 0 unspecified atom stereocenters. The monoisotopic (exact) mass is 478 g/mol. The molecule has 1 aliphatic rings. The first-order chi connectivity index (χ1) is 16.4. The first-order valence-corrected chi connectivity index (χ1v) is 12.1. The van der Waals surface area contributed by atoms with Crippen molar-refractivity contribution in [2.75, 3.05) is 19.6 Å². The molecule has 2 aromatic carbocycles. The van der Waals surface area contributed by atoms with Crippen molar-refractivity contribution in [1.29, 1.82) is 0 Å². The van der Waals surface area contributed by atoms with Crippen molar-refractivity contribution in [2.24, 2.45) is 5.92 Å². The van der Waals surface area contributed by atoms with Crippen molar-refractivity contribution in [3.63, 3.8) is 0 Å². The Kier molecular flexibility index (Phi) is 7.80. The highest BCUT2D eigenvalue weighted by molar-refractivity contribution is 6.30. The predicted octanol–water partition coefficient (Wildman–Crippen LogP) is 4.41. The van der Waals surface area contributed by atoms with E-state index in [1.165, 1.54) is 5.56 Å². The Morgan fingerprint density at radius 2 is 1.71 bits per heavy atom. The fraction of sp³-hybridized carbons (Fsp3) is 0.370. The van der Waals surface area contributed by atoms with Gasteiger partial charge in [0.2, 0.25) is 5.91 Å². The van der Waals surface area contributed by atoms with E-state index < -0.39 is 0 Å². The van der Waals surface area contributed by atoms with Gasteiger partial charge in [0.05, 0.1) is 18.8 Å². The number of hydrogen-bond acceptors (Lipinski definition) is 4. The van der Waals surface area contributed by atoms with Crippen LogP contribution in [0.3, 0.4) is 0 Å². The number of likely N-dealkylation sites (tertiary alicyclic amines) is 1. The molecule has 0 bridgehead atoms. The zero-order valence-corrected chi connectivity index (χ0v) is 20.5. The van der Waals surface area contributed by atoms with E-state index in [9.17, 15) is 9.59 Å². The number of aryl methyl sites for hydroxylation is 1. The molecule has 3 aromatic rings. The second-order valence-corrected chi connectivity index (χ2v) is 9.43. The summed E-state index contributed by atoms with van der Waals surface area (Å²) in [6, 6.07) is 17.3. The summed E-state index contributed by atoms with van der Waals surface area (Å²) in [7, 11) is 0. The van der Waals surface area contributed by atoms with E-state index in [1.54, 1.807) is 24.3 Å². The molecule has 178 valence electrons. The summed E-state index contributed by atoms with van der Waals surface area (Å²) in [6.45, 7) is 7.04. The molecule has 1 aromatic heterocycles. The number of rotatable bonds is 8. The summed E-state index contributed by atoms with van der Waals surface area (Å²) >= 11 is 5.93. The van der Waals surface area contributed by atoms with E-state index in [4.69, 9.17) is 11.6 Å². The van der Waals surface area contributed by atoms with Gasteiger partial charge in [0.25, 0.3) is 0 Å². The molecule has 0 spiro atoms. The van der Waals surface area contributed by atoms with E-state index in [1.807, 2.05) is 36.7 Å². The largest absolute Gasteiger partial charge is 0.351 e. The number of nitrogens with one attached hydrogen (secondary N) is 1. The van der Waals surface area contributed by atoms with Crippen LogP contribution in [0.2, 0.25) is 5.02 Å². The molecule has 2 heterocycles. The summed E-state index contributed by atoms with van der Waals surface area (Å²) in [5.41, 5.74) is 4.98. The number of halogens is 1. The predicted molar refractivity (Wildman–Crippen MR) is 134 cm³/mol. The van der Waals surface area contributed by atoms with Crippen molar-refractivity contribution in [2.45, 2.75) is 39.8 Å². The molecule has 1 aliphatic heterocycles. The van der Waals surface area contributed by atoms with Crippen LogP contribution in [0.1, 0.15) is 45.7 Å². The van der Waals surface area contributed by atoms with Crippen molar-refractivity contribution < 1.29 is 9.59 Å². The lowest BCUT2D eigenvalue weighted by Crippen LogP contribution is -2.42. The van der Waals surface area contributed by atoms with Gasteiger partial charge in [-0.1, -0.05) is 41.9 Å². The molecule has 0 atom stereocenters. The minimum atomic E-state index is -0.00270. The molecule has 1 fully saturated rings. The highest BCUT2D eigenvalue weighted by Crippen LogP contribution is 2.23. The lowest BCUT2D eigenvalue weighted by atomic mass is 9.89. The number of benzene rings is 2. The summed E-state index contributed by atoms with van der Waals surface area (Å²) in [4.78, 5) is 27.5. The second kappa shape index (κ2) is 11.0. The minimum absolute atomic E-state index is 0.00115. The number of carbonyl (C=O) groups excluding carboxylic acids is 2. The number of hydrogen-bond donors (Lipinski definition) is 1. The van der Waals surface area contributed by atoms with E-state index in [0.717, 1.165) is 42.9 Å². The fourth-order valence-electron chi connectivity index (χ4n) is 4.55. The Bertz CT molecular complexity index is 1130. The average Bonchev–Trinajstić information content (AvgIpc) is 3.11. The van der Waals surface area contributed by atoms with Crippen molar-refractivity contribution in [1.82, 2.24) is 20.0 Å². The van der Waals surface area contributed by atoms with Gasteiger partial charge >= 0.3 is 0 Å². The molecule has 4 rings (SSSR count). The Morgan fingerprint density at radius 3 is 2.38 bits per heavy atom. The van der Waals surface area contributed by atoms with Gasteiger partial charge in [0.15, 0.2) is 5.78 Å². The lowest BCUT2D eigenvalue weighted by Gasteiger charge is -2.30. The van der Waals surface area contributed by atoms with Gasteiger partial charge in [-0.3, -0.25) is 19.2 Å². The summed E-state index contributed by atoms with van der Waals surface area (Å²) in [6.07, 6.45) is 1.53. The van der Waals surface area contributed by atoms with Gasteiger partial charge in [-0.05, 0) is 69.6 Å². The van der Waals surface area contributed by atoms with Crippen LogP contribution in [0.5, 0.6) is 0 Å². The molecule has 1 saturated heterocycles. The zero-order valence-electron chi connectivity index (χ0n) is 19.8. The van der Waals surface area contributed by atoms with Crippen LogP contribution in [0.4, 0.5) is 0 Å². The van der Waals surface area contributed by atoms with E-state index >= 15 is 0 Å². The number of ketones is 1. The maximum Gasteiger partial charge on any atom is 0.234 e. The van der Waals surface area contributed by atoms with Gasteiger partial charge < -0.3 is 5.32 Å². The lowest BCUT2D eigenvalue weighted by molar-refractivity contribution is -0.122. The first-order valence-electron chi connectivity index (χ1n) is 11.8. The van der Waals surface area contributed by atoms with Crippen molar-refractivity contribution in [3.05, 3.63) is 87.7 Å². The Labute approximate surface area is 205 Å². The molecule has 34 heavy (non-hydrogen) atoms. The van der Waals surface area contributed by atoms with Gasteiger partial charge in [-0.15, -0.1) is 0 Å². The number of piperidine rings is 1. The molecule has 0 saturated carbocycles. The molecular formula is C27H31ClN4O2. The molecule has 6 nitrogen and oxygen atoms in total. The number of aromatic nitrogens is 2. The van der Waals surface area contributed by atoms with Gasteiger partial charge in [-0.2, -0.15) is 5.10 Å². The summed E-state index contributed by atoms with van der Waals surface area (Å²) in [5, 5.41) is 8.36. The normalized spacial score (nSPS) is 14.8. The van der Waals surface area contributed by atoms with Crippen LogP contribution in [0, 0.1) is 19.8 Å². The van der Waals surface area contributed by atoms with Crippen LogP contribution < -0.4 is 5.32 Å². The van der Waals surface area contributed by atoms with Crippen LogP contribution >= 0.6 is 11.6 Å². The molecule has 1 N–H and O–H groups in total. The second-order valence-electron chi connectivity index (χ2n) is 8.99. The van der Waals surface area contributed by atoms with Gasteiger partial charge in [0.1, 0.15) is 0 Å². The minimum Gasteiger partial charge on any atom is -0.351 e. The topological polar surface area (TPSA) is 67.2 Å². The fourth-order valence-corrected chi connectivity index (χ4v) is 4.68. The van der Waals surface area contributed by atoms with Crippen molar-refractivity contribution in [3.8, 4) is 0 Å². The van der Waals surface area contributed by atoms with E-state index in [0.29, 0.717) is 30.2 Å². The maximum absolute atomic E-state index is 12.7. The quantitative estimate of drug-likeness (QED) is 0.487. The highest BCUT2D eigenvalue weighted by Gasteiger charge is 2.26. The van der Waals surface area contributed by atoms with Crippen LogP contribution in [0.25, 0.3) is 0 Å². The van der Waals surface area contributed by atoms with E-state index in [2.05, 4.69) is 27.4 Å². The van der Waals surface area contributed by atoms with Crippen LogP contribution in [0.15, 0.2) is 54.6 Å². The van der Waals surface area contributed by atoms with Crippen molar-refractivity contribution >= 4 is 23.3 Å². The molecule has 0 aliphatic carbocycles. The third-order valence-electron chi connectivity index (χ3n) is 6.62. The number of nitrogens with zero attached hydrogens (tertiary/aromatic N) is 3. The first kappa shape index (κ1) is 24.2. The molecule has 7 heteroatoms. The van der Waals surface area contributed by atoms with Gasteiger partial charge in [-0.25, -0.2) is 0 Å². The standard InChI is InChI=1S/C27H31ClN4O2/c1-19-25(20(2)32(30-19)17-21-6-4-3-5-7-21)16-29-26(33)18-31-14-12-23(13-15-31)27(34)22-8-10-24(28)11-9-22/h3-11,23H,12-18H2,1-2H3,(H,29,33). The smallest absolute Gasteiger partial charge is 0.234 e. The van der Waals surface area contributed by atoms with E-state index in [-0.39, 0.29) is 17.6 Å². The summed E-state index contributed by atoms with van der Waals surface area (Å²) < 4.78 is 1.99. The van der Waals surface area contributed by atoms with Crippen LogP contribution in [-0.4, -0.2) is 46.0 Å². The number of Topliss-reactive ketones (excluding diaryl/α,β-unsaturated/α-hetero) is 1. The molecular weight excluding hydrogens is 448 g/mol. The average molecular weight is 479 g/mol. The highest BCUT2D eigenvalue weighted by atomic mass is 35.5. The third kappa shape index (κ3) is 5.93. The number of amides is 1. The van der Waals surface area contributed by atoms with Crippen LogP contribution in [-0.2, 0) is 17.9 Å². The maximum atomic E-state index is 12.7.